The van der Waals surface area contributed by atoms with Crippen molar-refractivity contribution in [2.24, 2.45) is 5.92 Å². The maximum absolute atomic E-state index is 12.4. The number of piperidine rings is 1. The molecule has 132 valence electrons. The molecule has 0 radical (unpaired) electrons. The molecule has 0 bridgehead atoms. The van der Waals surface area contributed by atoms with Crippen LogP contribution < -0.4 is 15.4 Å². The van der Waals surface area contributed by atoms with Gasteiger partial charge in [0.05, 0.1) is 12.6 Å². The van der Waals surface area contributed by atoms with Crippen molar-refractivity contribution in [2.45, 2.75) is 32.7 Å². The Morgan fingerprint density at radius 1 is 1.42 bits per heavy atom. The van der Waals surface area contributed by atoms with Crippen molar-refractivity contribution in [3.8, 4) is 5.75 Å². The van der Waals surface area contributed by atoms with Crippen LogP contribution in [0.1, 0.15) is 38.5 Å². The summed E-state index contributed by atoms with van der Waals surface area (Å²) < 4.78 is 11.6. The first-order valence-electron chi connectivity index (χ1n) is 8.35. The number of rotatable bonds is 5. The summed E-state index contributed by atoms with van der Waals surface area (Å²) in [6, 6.07) is 7.67. The molecule has 1 aromatic carbocycles. The first-order chi connectivity index (χ1) is 11.2. The summed E-state index contributed by atoms with van der Waals surface area (Å²) in [6.45, 7) is 6.32. The third-order valence-electron chi connectivity index (χ3n) is 4.32. The van der Waals surface area contributed by atoms with Gasteiger partial charge in [-0.25, -0.2) is 0 Å². The molecule has 3 rings (SSSR count). The number of fused-ring (bicyclic) bond motifs is 1. The zero-order valence-corrected chi connectivity index (χ0v) is 14.9. The third-order valence-corrected chi connectivity index (χ3v) is 4.32. The first-order valence-corrected chi connectivity index (χ1v) is 8.35. The molecule has 1 amide bonds. The number of furan rings is 1. The molecule has 0 aliphatic carbocycles. The molecule has 2 aromatic rings. The Bertz CT molecular complexity index is 680. The average Bonchev–Trinajstić information content (AvgIpc) is 3.01. The molecule has 1 saturated heterocycles. The topological polar surface area (TPSA) is 63.5 Å². The highest BCUT2D eigenvalue weighted by Gasteiger charge is 2.23. The molecule has 0 saturated carbocycles. The smallest absolute Gasteiger partial charge is 0.223 e. The molecule has 6 heteroatoms. The summed E-state index contributed by atoms with van der Waals surface area (Å²) in [6.07, 6.45) is 1.79. The summed E-state index contributed by atoms with van der Waals surface area (Å²) in [5, 5.41) is 7.35. The zero-order chi connectivity index (χ0) is 16.2. The minimum Gasteiger partial charge on any atom is -0.490 e. The standard InChI is InChI=1S/C18H24N2O3.ClH/c1-3-22-15-6-4-5-14-11-16(23-17(14)15)12(2)20-18(21)13-7-9-19-10-8-13;/h4-6,11-13,19H,3,7-10H2,1-2H3,(H,20,21);1H. The lowest BCUT2D eigenvalue weighted by Gasteiger charge is -2.23. The number of ether oxygens (including phenoxy) is 1. The van der Waals surface area contributed by atoms with Gasteiger partial charge in [-0.1, -0.05) is 12.1 Å². The molecule has 1 unspecified atom stereocenters. The number of benzene rings is 1. The van der Waals surface area contributed by atoms with E-state index in [0.29, 0.717) is 6.61 Å². The fourth-order valence-electron chi connectivity index (χ4n) is 3.03. The van der Waals surface area contributed by atoms with Crippen molar-refractivity contribution in [3.63, 3.8) is 0 Å². The fourth-order valence-corrected chi connectivity index (χ4v) is 3.03. The van der Waals surface area contributed by atoms with Crippen molar-refractivity contribution in [3.05, 3.63) is 30.0 Å². The minimum atomic E-state index is -0.153. The van der Waals surface area contributed by atoms with Gasteiger partial charge in [0.2, 0.25) is 5.91 Å². The Morgan fingerprint density at radius 3 is 2.88 bits per heavy atom. The normalized spacial score (nSPS) is 16.4. The first kappa shape index (κ1) is 18.6. The summed E-state index contributed by atoms with van der Waals surface area (Å²) >= 11 is 0. The maximum Gasteiger partial charge on any atom is 0.223 e. The van der Waals surface area contributed by atoms with Gasteiger partial charge < -0.3 is 19.8 Å². The van der Waals surface area contributed by atoms with Gasteiger partial charge in [0.15, 0.2) is 11.3 Å². The Morgan fingerprint density at radius 2 is 2.17 bits per heavy atom. The maximum atomic E-state index is 12.4. The van der Waals surface area contributed by atoms with E-state index in [9.17, 15) is 4.79 Å². The van der Waals surface area contributed by atoms with Crippen molar-refractivity contribution in [1.29, 1.82) is 0 Å². The lowest BCUT2D eigenvalue weighted by atomic mass is 9.97. The van der Waals surface area contributed by atoms with E-state index in [0.717, 1.165) is 48.4 Å². The predicted octanol–water partition coefficient (Wildman–Crippen LogP) is 3.43. The number of carbonyl (C=O) groups is 1. The van der Waals surface area contributed by atoms with Crippen LogP contribution in [-0.4, -0.2) is 25.6 Å². The molecular formula is C18H25ClN2O3. The van der Waals surface area contributed by atoms with Crippen LogP contribution in [-0.2, 0) is 4.79 Å². The summed E-state index contributed by atoms with van der Waals surface area (Å²) in [5.41, 5.74) is 0.743. The SMILES string of the molecule is CCOc1cccc2cc(C(C)NC(=O)C3CCNCC3)oc12.Cl. The van der Waals surface area contributed by atoms with Gasteiger partial charge in [-0.15, -0.1) is 12.4 Å². The number of nitrogens with one attached hydrogen (secondary N) is 2. The zero-order valence-electron chi connectivity index (χ0n) is 14.1. The molecule has 5 nitrogen and oxygen atoms in total. The number of carbonyl (C=O) groups excluding carboxylic acids is 1. The van der Waals surface area contributed by atoms with E-state index in [1.54, 1.807) is 0 Å². The van der Waals surface area contributed by atoms with Crippen LogP contribution in [0.15, 0.2) is 28.7 Å². The lowest BCUT2D eigenvalue weighted by Crippen LogP contribution is -2.39. The van der Waals surface area contributed by atoms with Gasteiger partial charge in [0.25, 0.3) is 0 Å². The van der Waals surface area contributed by atoms with Gasteiger partial charge >= 0.3 is 0 Å². The number of hydrogen-bond donors (Lipinski definition) is 2. The highest BCUT2D eigenvalue weighted by molar-refractivity contribution is 5.85. The Kier molecular flexibility index (Phi) is 6.52. The van der Waals surface area contributed by atoms with Crippen LogP contribution in [0.25, 0.3) is 11.0 Å². The molecule has 24 heavy (non-hydrogen) atoms. The molecule has 1 fully saturated rings. The van der Waals surface area contributed by atoms with Gasteiger partial charge in [-0.05, 0) is 51.9 Å². The van der Waals surface area contributed by atoms with E-state index in [-0.39, 0.29) is 30.3 Å². The highest BCUT2D eigenvalue weighted by atomic mass is 35.5. The minimum absolute atomic E-state index is 0. The van der Waals surface area contributed by atoms with Crippen LogP contribution in [0.2, 0.25) is 0 Å². The van der Waals surface area contributed by atoms with Crippen LogP contribution in [0, 0.1) is 5.92 Å². The Labute approximate surface area is 148 Å². The van der Waals surface area contributed by atoms with Crippen LogP contribution in [0.5, 0.6) is 5.75 Å². The second-order valence-electron chi connectivity index (χ2n) is 6.01. The highest BCUT2D eigenvalue weighted by Crippen LogP contribution is 2.31. The third kappa shape index (κ3) is 4.02. The summed E-state index contributed by atoms with van der Waals surface area (Å²) in [5.74, 6) is 1.72. The monoisotopic (exact) mass is 352 g/mol. The van der Waals surface area contributed by atoms with Crippen LogP contribution >= 0.6 is 12.4 Å². The van der Waals surface area contributed by atoms with Crippen LogP contribution in [0.4, 0.5) is 0 Å². The molecule has 2 N–H and O–H groups in total. The fraction of sp³-hybridized carbons (Fsp3) is 0.500. The van der Waals surface area contributed by atoms with E-state index >= 15 is 0 Å². The molecular weight excluding hydrogens is 328 g/mol. The van der Waals surface area contributed by atoms with Crippen molar-refractivity contribution < 1.29 is 13.9 Å². The number of para-hydroxylation sites is 1. The van der Waals surface area contributed by atoms with E-state index in [2.05, 4.69) is 10.6 Å². The van der Waals surface area contributed by atoms with Gasteiger partial charge in [0.1, 0.15) is 5.76 Å². The Balaban J connectivity index is 0.00000208. The summed E-state index contributed by atoms with van der Waals surface area (Å²) in [4.78, 5) is 12.4. The molecule has 2 heterocycles. The molecule has 0 spiro atoms. The van der Waals surface area contributed by atoms with Gasteiger partial charge in [-0.3, -0.25) is 4.79 Å². The van der Waals surface area contributed by atoms with Gasteiger partial charge in [0, 0.05) is 11.3 Å². The van der Waals surface area contributed by atoms with E-state index in [1.165, 1.54) is 0 Å². The largest absolute Gasteiger partial charge is 0.490 e. The second kappa shape index (κ2) is 8.40. The van der Waals surface area contributed by atoms with E-state index in [4.69, 9.17) is 9.15 Å². The van der Waals surface area contributed by atoms with Crippen molar-refractivity contribution >= 4 is 29.3 Å². The lowest BCUT2D eigenvalue weighted by molar-refractivity contribution is -0.126. The quantitative estimate of drug-likeness (QED) is 0.865. The molecule has 1 aliphatic rings. The molecule has 1 aliphatic heterocycles. The number of amides is 1. The predicted molar refractivity (Wildman–Crippen MR) is 96.8 cm³/mol. The van der Waals surface area contributed by atoms with E-state index in [1.807, 2.05) is 38.1 Å². The average molecular weight is 353 g/mol. The molecule has 1 atom stereocenters. The van der Waals surface area contributed by atoms with Crippen molar-refractivity contribution in [2.75, 3.05) is 19.7 Å². The van der Waals surface area contributed by atoms with Crippen LogP contribution in [0.3, 0.4) is 0 Å². The van der Waals surface area contributed by atoms with Crippen molar-refractivity contribution in [1.82, 2.24) is 10.6 Å². The number of hydrogen-bond acceptors (Lipinski definition) is 4. The molecule has 1 aromatic heterocycles. The number of halogens is 1. The second-order valence-corrected chi connectivity index (χ2v) is 6.01. The Hall–Kier alpha value is -1.72. The summed E-state index contributed by atoms with van der Waals surface area (Å²) in [7, 11) is 0. The van der Waals surface area contributed by atoms with E-state index < -0.39 is 0 Å². The van der Waals surface area contributed by atoms with Gasteiger partial charge in [-0.2, -0.15) is 0 Å².